The monoisotopic (exact) mass is 439 g/mol. The molecule has 2 amide bonds. The van der Waals surface area contributed by atoms with Crippen molar-refractivity contribution in [1.29, 1.82) is 0 Å². The number of benzene rings is 2. The lowest BCUT2D eigenvalue weighted by molar-refractivity contribution is -0.384. The van der Waals surface area contributed by atoms with Gasteiger partial charge in [-0.25, -0.2) is 0 Å². The van der Waals surface area contributed by atoms with Crippen molar-refractivity contribution in [2.24, 2.45) is 0 Å². The van der Waals surface area contributed by atoms with Crippen LogP contribution >= 0.6 is 24.0 Å². The molecule has 2 aromatic carbocycles. The van der Waals surface area contributed by atoms with Crippen molar-refractivity contribution in [2.75, 3.05) is 11.9 Å². The number of carbonyl (C=O) groups excluding carboxylic acids is 2. The molecule has 0 atom stereocenters. The number of anilines is 1. The van der Waals surface area contributed by atoms with Gasteiger partial charge in [0.25, 0.3) is 11.6 Å². The smallest absolute Gasteiger partial charge is 0.270 e. The lowest BCUT2D eigenvalue weighted by atomic mass is 10.1. The van der Waals surface area contributed by atoms with Gasteiger partial charge in [-0.2, -0.15) is 0 Å². The van der Waals surface area contributed by atoms with Gasteiger partial charge in [0.2, 0.25) is 5.91 Å². The highest BCUT2D eigenvalue weighted by atomic mass is 32.2. The third-order valence-corrected chi connectivity index (χ3v) is 5.55. The van der Waals surface area contributed by atoms with Gasteiger partial charge in [0.05, 0.1) is 9.83 Å². The summed E-state index contributed by atoms with van der Waals surface area (Å²) in [6.45, 7) is 2.41. The van der Waals surface area contributed by atoms with Gasteiger partial charge in [-0.15, -0.1) is 0 Å². The standard InChI is InChI=1S/C21H17N3O4S2/c1-2-23-20(26)18(30-21(23)29)13-15-6-9-16(10-7-15)22-19(25)11-8-14-4-3-5-17(12-14)24(27)28/h3-13H,2H2,1H3,(H,22,25)/b11-8+,18-13-. The summed E-state index contributed by atoms with van der Waals surface area (Å²) >= 11 is 6.47. The van der Waals surface area contributed by atoms with Crippen LogP contribution < -0.4 is 5.32 Å². The average Bonchev–Trinajstić information content (AvgIpc) is 3.00. The number of likely N-dealkylation sites (N-methyl/N-ethyl adjacent to an activating group) is 1. The van der Waals surface area contributed by atoms with Gasteiger partial charge in [-0.1, -0.05) is 48.2 Å². The summed E-state index contributed by atoms with van der Waals surface area (Å²) in [5, 5.41) is 13.5. The van der Waals surface area contributed by atoms with Crippen molar-refractivity contribution in [1.82, 2.24) is 4.90 Å². The Hall–Kier alpha value is -3.30. The molecule has 2 aromatic rings. The second kappa shape index (κ2) is 9.47. The molecule has 1 N–H and O–H groups in total. The van der Waals surface area contributed by atoms with Crippen LogP contribution in [0.25, 0.3) is 12.2 Å². The maximum Gasteiger partial charge on any atom is 0.270 e. The molecule has 0 aliphatic carbocycles. The van der Waals surface area contributed by atoms with E-state index in [0.29, 0.717) is 27.0 Å². The normalized spacial score (nSPS) is 15.2. The molecule has 0 radical (unpaired) electrons. The van der Waals surface area contributed by atoms with Gasteiger partial charge < -0.3 is 5.32 Å². The molecule has 152 valence electrons. The number of non-ortho nitro benzene ring substituents is 1. The summed E-state index contributed by atoms with van der Waals surface area (Å²) in [5.74, 6) is -0.464. The Kier molecular flexibility index (Phi) is 6.76. The van der Waals surface area contributed by atoms with Crippen molar-refractivity contribution >= 4 is 63.6 Å². The number of nitro benzene ring substituents is 1. The molecule has 30 heavy (non-hydrogen) atoms. The first-order valence-corrected chi connectivity index (χ1v) is 10.2. The zero-order chi connectivity index (χ0) is 21.7. The highest BCUT2D eigenvalue weighted by Crippen LogP contribution is 2.32. The van der Waals surface area contributed by atoms with E-state index in [9.17, 15) is 19.7 Å². The third-order valence-electron chi connectivity index (χ3n) is 4.17. The van der Waals surface area contributed by atoms with Crippen molar-refractivity contribution < 1.29 is 14.5 Å². The first-order chi connectivity index (χ1) is 14.4. The van der Waals surface area contributed by atoms with Crippen molar-refractivity contribution in [3.8, 4) is 0 Å². The lowest BCUT2D eigenvalue weighted by Gasteiger charge is -2.09. The molecule has 0 unspecified atom stereocenters. The van der Waals surface area contributed by atoms with E-state index in [1.807, 2.05) is 6.92 Å². The number of nitrogens with zero attached hydrogens (tertiary/aromatic N) is 2. The van der Waals surface area contributed by atoms with E-state index in [0.717, 1.165) is 5.56 Å². The minimum Gasteiger partial charge on any atom is -0.323 e. The molecule has 3 rings (SSSR count). The Morgan fingerprint density at radius 2 is 1.97 bits per heavy atom. The predicted molar refractivity (Wildman–Crippen MR) is 123 cm³/mol. The van der Waals surface area contributed by atoms with E-state index in [1.54, 1.807) is 47.4 Å². The number of hydrogen-bond acceptors (Lipinski definition) is 6. The number of nitrogens with one attached hydrogen (secondary N) is 1. The Labute approximate surface area is 182 Å². The van der Waals surface area contributed by atoms with Gasteiger partial charge in [0.1, 0.15) is 4.32 Å². The number of nitro groups is 1. The third kappa shape index (κ3) is 5.19. The second-order valence-corrected chi connectivity index (χ2v) is 7.90. The van der Waals surface area contributed by atoms with Gasteiger partial charge in [-0.3, -0.25) is 24.6 Å². The second-order valence-electron chi connectivity index (χ2n) is 6.22. The Balaban J connectivity index is 1.63. The van der Waals surface area contributed by atoms with Gasteiger partial charge in [-0.05, 0) is 42.3 Å². The van der Waals surface area contributed by atoms with Crippen LogP contribution in [0.15, 0.2) is 59.5 Å². The molecule has 1 aliphatic rings. The molecule has 1 saturated heterocycles. The van der Waals surface area contributed by atoms with E-state index in [4.69, 9.17) is 12.2 Å². The number of thiocarbonyl (C=S) groups is 1. The van der Waals surface area contributed by atoms with Gasteiger partial charge in [0, 0.05) is 30.4 Å². The zero-order valence-electron chi connectivity index (χ0n) is 15.9. The van der Waals surface area contributed by atoms with Crippen LogP contribution in [0.2, 0.25) is 0 Å². The number of hydrogen-bond donors (Lipinski definition) is 1. The first kappa shape index (κ1) is 21.4. The van der Waals surface area contributed by atoms with Crippen LogP contribution in [-0.4, -0.2) is 32.5 Å². The van der Waals surface area contributed by atoms with Crippen LogP contribution in [0.4, 0.5) is 11.4 Å². The summed E-state index contributed by atoms with van der Waals surface area (Å²) in [5.41, 5.74) is 1.92. The van der Waals surface area contributed by atoms with Crippen LogP contribution in [0.3, 0.4) is 0 Å². The highest BCUT2D eigenvalue weighted by Gasteiger charge is 2.30. The largest absolute Gasteiger partial charge is 0.323 e. The summed E-state index contributed by atoms with van der Waals surface area (Å²) < 4.78 is 0.549. The van der Waals surface area contributed by atoms with Crippen LogP contribution in [0, 0.1) is 10.1 Å². The van der Waals surface area contributed by atoms with E-state index in [-0.39, 0.29) is 17.5 Å². The van der Waals surface area contributed by atoms with Crippen molar-refractivity contribution in [3.63, 3.8) is 0 Å². The highest BCUT2D eigenvalue weighted by molar-refractivity contribution is 8.26. The molecule has 0 aromatic heterocycles. The molecule has 0 spiro atoms. The average molecular weight is 440 g/mol. The molecule has 9 heteroatoms. The number of carbonyl (C=O) groups is 2. The minimum atomic E-state index is -0.487. The molecule has 1 fully saturated rings. The van der Waals surface area contributed by atoms with Crippen LogP contribution in [0.1, 0.15) is 18.1 Å². The number of amides is 2. The number of thioether (sulfide) groups is 1. The van der Waals surface area contributed by atoms with E-state index in [1.165, 1.54) is 36.0 Å². The molecular weight excluding hydrogens is 422 g/mol. The molecule has 1 heterocycles. The zero-order valence-corrected chi connectivity index (χ0v) is 17.5. The molecule has 7 nitrogen and oxygen atoms in total. The SMILES string of the molecule is CCN1C(=O)/C(=C/c2ccc(NC(=O)/C=C/c3cccc([N+](=O)[O-])c3)cc2)SC1=S. The molecule has 0 saturated carbocycles. The maximum atomic E-state index is 12.3. The Bertz CT molecular complexity index is 1080. The fourth-order valence-corrected chi connectivity index (χ4v) is 4.07. The Morgan fingerprint density at radius 1 is 1.23 bits per heavy atom. The predicted octanol–water partition coefficient (Wildman–Crippen LogP) is 4.47. The van der Waals surface area contributed by atoms with E-state index < -0.39 is 4.92 Å². The minimum absolute atomic E-state index is 0.0380. The summed E-state index contributed by atoms with van der Waals surface area (Å²) in [7, 11) is 0. The van der Waals surface area contributed by atoms with Crippen molar-refractivity contribution in [3.05, 3.63) is 80.8 Å². The van der Waals surface area contributed by atoms with E-state index in [2.05, 4.69) is 5.32 Å². The fourth-order valence-electron chi connectivity index (χ4n) is 2.68. The maximum absolute atomic E-state index is 12.3. The van der Waals surface area contributed by atoms with Crippen LogP contribution in [-0.2, 0) is 9.59 Å². The van der Waals surface area contributed by atoms with Gasteiger partial charge >= 0.3 is 0 Å². The first-order valence-electron chi connectivity index (χ1n) is 8.96. The van der Waals surface area contributed by atoms with Crippen molar-refractivity contribution in [2.45, 2.75) is 6.92 Å². The van der Waals surface area contributed by atoms with E-state index >= 15 is 0 Å². The molecular formula is C21H17N3O4S2. The lowest BCUT2D eigenvalue weighted by Crippen LogP contribution is -2.27. The van der Waals surface area contributed by atoms with Crippen LogP contribution in [0.5, 0.6) is 0 Å². The Morgan fingerprint density at radius 3 is 2.60 bits per heavy atom. The quantitative estimate of drug-likeness (QED) is 0.309. The van der Waals surface area contributed by atoms with Gasteiger partial charge in [0.15, 0.2) is 0 Å². The fraction of sp³-hybridized carbons (Fsp3) is 0.0952. The number of rotatable bonds is 6. The topological polar surface area (TPSA) is 92.6 Å². The summed E-state index contributed by atoms with van der Waals surface area (Å²) in [6.07, 6.45) is 4.58. The molecule has 0 bridgehead atoms. The molecule has 1 aliphatic heterocycles. The summed E-state index contributed by atoms with van der Waals surface area (Å²) in [4.78, 5) is 36.8. The summed E-state index contributed by atoms with van der Waals surface area (Å²) in [6, 6.07) is 13.0.